The number of benzene rings is 2. The molecule has 0 bridgehead atoms. The van der Waals surface area contributed by atoms with Crippen molar-refractivity contribution in [3.05, 3.63) is 71.8 Å². The van der Waals surface area contributed by atoms with Crippen molar-refractivity contribution in [2.75, 3.05) is 13.1 Å². The quantitative estimate of drug-likeness (QED) is 0.303. The van der Waals surface area contributed by atoms with Crippen molar-refractivity contribution in [3.8, 4) is 11.1 Å². The number of hydrogen-bond donors (Lipinski definition) is 0. The minimum absolute atomic E-state index is 0.0643. The predicted molar refractivity (Wildman–Crippen MR) is 98.0 cm³/mol. The van der Waals surface area contributed by atoms with Crippen LogP contribution in [-0.2, 0) is 16.0 Å². The van der Waals surface area contributed by atoms with E-state index in [1.807, 2.05) is 24.3 Å². The third kappa shape index (κ3) is 2.66. The number of hydrogen-bond acceptors (Lipinski definition) is 4. The smallest absolute Gasteiger partial charge is 0.292 e. The number of imide groups is 2. The van der Waals surface area contributed by atoms with Gasteiger partial charge in [-0.3, -0.25) is 19.3 Å². The lowest BCUT2D eigenvalue weighted by atomic mass is 10.0. The van der Waals surface area contributed by atoms with Gasteiger partial charge in [0, 0.05) is 12.1 Å². The number of fused-ring (bicyclic) bond motifs is 3. The maximum atomic E-state index is 12.6. The van der Waals surface area contributed by atoms with Crippen LogP contribution in [0.3, 0.4) is 0 Å². The molecule has 1 fully saturated rings. The number of amides is 4. The molecular formula is C21H16N2O4. The highest BCUT2D eigenvalue weighted by Gasteiger charge is 2.44. The Labute approximate surface area is 155 Å². The summed E-state index contributed by atoms with van der Waals surface area (Å²) in [5.41, 5.74) is 4.89. The lowest BCUT2D eigenvalue weighted by Crippen LogP contribution is -2.37. The Kier molecular flexibility index (Phi) is 3.96. The third-order valence-corrected chi connectivity index (χ3v) is 4.86. The van der Waals surface area contributed by atoms with Crippen molar-refractivity contribution in [1.29, 1.82) is 0 Å². The van der Waals surface area contributed by atoms with Gasteiger partial charge < -0.3 is 0 Å². The van der Waals surface area contributed by atoms with E-state index in [1.54, 1.807) is 12.1 Å². The lowest BCUT2D eigenvalue weighted by Gasteiger charge is -2.14. The SMILES string of the molecule is C=CCN1C(=O)C(=O)N(CC(=O)c2ccc3c(c2)Cc2ccccc2-3)C1=O. The van der Waals surface area contributed by atoms with E-state index in [2.05, 4.69) is 12.6 Å². The summed E-state index contributed by atoms with van der Waals surface area (Å²) in [6.07, 6.45) is 2.09. The van der Waals surface area contributed by atoms with Crippen LogP contribution in [0.5, 0.6) is 0 Å². The van der Waals surface area contributed by atoms with E-state index < -0.39 is 24.4 Å². The third-order valence-electron chi connectivity index (χ3n) is 4.86. The molecule has 1 aliphatic carbocycles. The number of carbonyl (C=O) groups excluding carboxylic acids is 4. The van der Waals surface area contributed by atoms with Gasteiger partial charge in [0.2, 0.25) is 0 Å². The first-order chi connectivity index (χ1) is 13.0. The van der Waals surface area contributed by atoms with Gasteiger partial charge in [-0.15, -0.1) is 6.58 Å². The van der Waals surface area contributed by atoms with Crippen LogP contribution in [0.2, 0.25) is 0 Å². The van der Waals surface area contributed by atoms with E-state index in [9.17, 15) is 19.2 Å². The van der Waals surface area contributed by atoms with Gasteiger partial charge in [-0.1, -0.05) is 42.5 Å². The Hall–Kier alpha value is -3.54. The Balaban J connectivity index is 1.56. The number of urea groups is 1. The molecule has 2 aromatic rings. The average molecular weight is 360 g/mol. The van der Waals surface area contributed by atoms with Crippen LogP contribution in [0.25, 0.3) is 11.1 Å². The van der Waals surface area contributed by atoms with Gasteiger partial charge in [-0.05, 0) is 34.7 Å². The maximum absolute atomic E-state index is 12.6. The van der Waals surface area contributed by atoms with Crippen LogP contribution in [0.4, 0.5) is 4.79 Å². The minimum Gasteiger partial charge on any atom is -0.292 e. The van der Waals surface area contributed by atoms with Crippen molar-refractivity contribution < 1.29 is 19.2 Å². The Morgan fingerprint density at radius 3 is 2.44 bits per heavy atom. The summed E-state index contributed by atoms with van der Waals surface area (Å²) in [6.45, 7) is 2.94. The minimum atomic E-state index is -0.983. The molecule has 1 aliphatic heterocycles. The van der Waals surface area contributed by atoms with Gasteiger partial charge in [0.15, 0.2) is 5.78 Å². The zero-order chi connectivity index (χ0) is 19.1. The summed E-state index contributed by atoms with van der Waals surface area (Å²) >= 11 is 0. The number of ketones is 1. The zero-order valence-electron chi connectivity index (χ0n) is 14.5. The average Bonchev–Trinajstić information content (AvgIpc) is 3.14. The summed E-state index contributed by atoms with van der Waals surface area (Å²) < 4.78 is 0. The molecule has 0 atom stereocenters. The molecule has 0 saturated carbocycles. The Morgan fingerprint density at radius 2 is 1.67 bits per heavy atom. The van der Waals surface area contributed by atoms with E-state index in [1.165, 1.54) is 11.6 Å². The molecule has 134 valence electrons. The number of rotatable bonds is 5. The first-order valence-corrected chi connectivity index (χ1v) is 8.54. The summed E-state index contributed by atoms with van der Waals surface area (Å²) in [4.78, 5) is 50.2. The van der Waals surface area contributed by atoms with Crippen molar-refractivity contribution in [2.45, 2.75) is 6.42 Å². The van der Waals surface area contributed by atoms with Crippen LogP contribution < -0.4 is 0 Å². The molecule has 27 heavy (non-hydrogen) atoms. The first-order valence-electron chi connectivity index (χ1n) is 8.54. The Bertz CT molecular complexity index is 1020. The topological polar surface area (TPSA) is 74.8 Å². The summed E-state index contributed by atoms with van der Waals surface area (Å²) in [6, 6.07) is 12.6. The van der Waals surface area contributed by atoms with Crippen molar-refractivity contribution >= 4 is 23.6 Å². The van der Waals surface area contributed by atoms with Gasteiger partial charge in [0.25, 0.3) is 0 Å². The summed E-state index contributed by atoms with van der Waals surface area (Å²) in [5, 5.41) is 0. The highest BCUT2D eigenvalue weighted by Crippen LogP contribution is 2.36. The predicted octanol–water partition coefficient (Wildman–Crippen LogP) is 2.42. The van der Waals surface area contributed by atoms with Crippen LogP contribution in [0.15, 0.2) is 55.1 Å². The second kappa shape index (κ2) is 6.32. The fourth-order valence-corrected chi connectivity index (χ4v) is 3.53. The normalized spacial score (nSPS) is 15.2. The molecule has 4 rings (SSSR count). The molecule has 0 spiro atoms. The second-order valence-electron chi connectivity index (χ2n) is 6.51. The molecule has 1 heterocycles. The van der Waals surface area contributed by atoms with E-state index in [0.717, 1.165) is 28.0 Å². The van der Waals surface area contributed by atoms with Crippen molar-refractivity contribution in [3.63, 3.8) is 0 Å². The molecule has 0 N–H and O–H groups in total. The van der Waals surface area contributed by atoms with Crippen molar-refractivity contribution in [1.82, 2.24) is 9.80 Å². The fraction of sp³-hybridized carbons (Fsp3) is 0.143. The van der Waals surface area contributed by atoms with Crippen LogP contribution in [0.1, 0.15) is 21.5 Å². The highest BCUT2D eigenvalue weighted by atomic mass is 16.2. The van der Waals surface area contributed by atoms with Gasteiger partial charge in [-0.2, -0.15) is 0 Å². The van der Waals surface area contributed by atoms with Crippen LogP contribution in [-0.4, -0.2) is 46.5 Å². The molecule has 6 nitrogen and oxygen atoms in total. The summed E-state index contributed by atoms with van der Waals surface area (Å²) in [5.74, 6) is -2.30. The van der Waals surface area contributed by atoms with Gasteiger partial charge in [0.1, 0.15) is 0 Å². The fourth-order valence-electron chi connectivity index (χ4n) is 3.53. The molecule has 0 unspecified atom stereocenters. The molecule has 0 radical (unpaired) electrons. The highest BCUT2D eigenvalue weighted by molar-refractivity contribution is 6.45. The van der Waals surface area contributed by atoms with Gasteiger partial charge in [0.05, 0.1) is 6.54 Å². The number of nitrogens with zero attached hydrogens (tertiary/aromatic N) is 2. The molecule has 4 amide bonds. The summed E-state index contributed by atoms with van der Waals surface area (Å²) in [7, 11) is 0. The Morgan fingerprint density at radius 1 is 0.963 bits per heavy atom. The largest absolute Gasteiger partial charge is 0.334 e. The molecule has 1 saturated heterocycles. The number of Topliss-reactive ketones (excluding diaryl/α,β-unsaturated/α-hetero) is 1. The molecule has 2 aliphatic rings. The molecule has 0 aromatic heterocycles. The van der Waals surface area contributed by atoms with E-state index in [0.29, 0.717) is 10.5 Å². The van der Waals surface area contributed by atoms with Crippen LogP contribution >= 0.6 is 0 Å². The van der Waals surface area contributed by atoms with Crippen molar-refractivity contribution in [2.24, 2.45) is 0 Å². The molecular weight excluding hydrogens is 344 g/mol. The van der Waals surface area contributed by atoms with Gasteiger partial charge >= 0.3 is 17.8 Å². The van der Waals surface area contributed by atoms with E-state index >= 15 is 0 Å². The number of carbonyl (C=O) groups is 4. The second-order valence-corrected chi connectivity index (χ2v) is 6.51. The van der Waals surface area contributed by atoms with Gasteiger partial charge in [-0.25, -0.2) is 9.69 Å². The van der Waals surface area contributed by atoms with Crippen LogP contribution in [0, 0.1) is 0 Å². The maximum Gasteiger partial charge on any atom is 0.334 e. The molecule has 2 aromatic carbocycles. The van der Waals surface area contributed by atoms with E-state index in [4.69, 9.17) is 0 Å². The lowest BCUT2D eigenvalue weighted by molar-refractivity contribution is -0.142. The first kappa shape index (κ1) is 16.9. The zero-order valence-corrected chi connectivity index (χ0v) is 14.5. The molecule has 6 heteroatoms. The standard InChI is InChI=1S/C21H16N2O4/c1-2-9-22-19(25)20(26)23(21(22)27)12-18(24)14-7-8-17-15(11-14)10-13-5-3-4-6-16(13)17/h2-8,11H,1,9-10,12H2. The van der Waals surface area contributed by atoms with E-state index in [-0.39, 0.29) is 12.3 Å². The monoisotopic (exact) mass is 360 g/mol.